The van der Waals surface area contributed by atoms with Crippen molar-refractivity contribution >= 4 is 22.9 Å². The Labute approximate surface area is 153 Å². The Morgan fingerprint density at radius 2 is 1.69 bits per heavy atom. The quantitative estimate of drug-likeness (QED) is 0.604. The topological polar surface area (TPSA) is 33.4 Å². The number of fused-ring (bicyclic) bond motifs is 1. The molecule has 0 bridgehead atoms. The first-order valence-corrected chi connectivity index (χ1v) is 8.75. The van der Waals surface area contributed by atoms with Crippen molar-refractivity contribution in [3.63, 3.8) is 0 Å². The van der Waals surface area contributed by atoms with Crippen molar-refractivity contribution in [2.24, 2.45) is 5.92 Å². The van der Waals surface area contributed by atoms with Crippen LogP contribution in [0.1, 0.15) is 19.8 Å². The summed E-state index contributed by atoms with van der Waals surface area (Å²) in [5.74, 6) is -2.40. The van der Waals surface area contributed by atoms with Crippen LogP contribution in [0.5, 0.6) is 0 Å². The molecule has 0 amide bonds. The van der Waals surface area contributed by atoms with Gasteiger partial charge in [0.05, 0.1) is 11.3 Å². The molecule has 1 aliphatic heterocycles. The van der Waals surface area contributed by atoms with Crippen molar-refractivity contribution in [1.82, 2.24) is 14.6 Å². The Hall–Kier alpha value is -2.28. The zero-order valence-corrected chi connectivity index (χ0v) is 14.8. The van der Waals surface area contributed by atoms with Crippen molar-refractivity contribution in [2.45, 2.75) is 19.8 Å². The van der Waals surface area contributed by atoms with Crippen molar-refractivity contribution in [2.75, 3.05) is 18.0 Å². The number of nitrogens with zero attached hydrogens (tertiary/aromatic N) is 4. The highest BCUT2D eigenvalue weighted by molar-refractivity contribution is 6.33. The molecule has 1 fully saturated rings. The predicted octanol–water partition coefficient (Wildman–Crippen LogP) is 4.70. The van der Waals surface area contributed by atoms with E-state index in [1.807, 2.05) is 4.90 Å². The van der Waals surface area contributed by atoms with E-state index in [0.717, 1.165) is 25.9 Å². The molecule has 0 spiro atoms. The molecular weight excluding hydrogens is 365 g/mol. The van der Waals surface area contributed by atoms with Crippen LogP contribution in [0.3, 0.4) is 0 Å². The fourth-order valence-electron chi connectivity index (χ4n) is 3.42. The highest BCUT2D eigenvalue weighted by Gasteiger charge is 2.27. The highest BCUT2D eigenvalue weighted by atomic mass is 35.5. The summed E-state index contributed by atoms with van der Waals surface area (Å²) in [6, 6.07) is 3.02. The lowest BCUT2D eigenvalue weighted by Gasteiger charge is -2.34. The summed E-state index contributed by atoms with van der Waals surface area (Å²) in [5, 5.41) is 4.06. The fraction of sp³-hybridized carbons (Fsp3) is 0.333. The van der Waals surface area contributed by atoms with Crippen molar-refractivity contribution < 1.29 is 13.2 Å². The number of benzene rings is 1. The minimum Gasteiger partial charge on any atom is -0.371 e. The van der Waals surface area contributed by atoms with Gasteiger partial charge in [0.2, 0.25) is 0 Å². The van der Waals surface area contributed by atoms with Crippen LogP contribution in [0.2, 0.25) is 5.15 Å². The van der Waals surface area contributed by atoms with Crippen LogP contribution < -0.4 is 4.90 Å². The standard InChI is InChI=1S/C18H16ClF3N4/c1-10-2-4-25(5-3-10)14-8-15-23-9-24-26(15)18(19)17(14)16-12(21)6-11(20)7-13(16)22/h6-10H,2-5H2,1H3. The third-order valence-electron chi connectivity index (χ3n) is 4.87. The molecule has 0 saturated carbocycles. The molecule has 0 N–H and O–H groups in total. The molecule has 2 aromatic heterocycles. The maximum Gasteiger partial charge on any atom is 0.159 e. The number of hydrogen-bond acceptors (Lipinski definition) is 3. The molecule has 136 valence electrons. The van der Waals surface area contributed by atoms with Gasteiger partial charge in [0.25, 0.3) is 0 Å². The second kappa shape index (κ2) is 6.46. The summed E-state index contributed by atoms with van der Waals surface area (Å²) in [6.45, 7) is 3.64. The third-order valence-corrected chi connectivity index (χ3v) is 5.22. The van der Waals surface area contributed by atoms with Gasteiger partial charge in [-0.2, -0.15) is 5.10 Å². The number of halogens is 4. The van der Waals surface area contributed by atoms with Crippen molar-refractivity contribution in [3.8, 4) is 11.1 Å². The number of piperidine rings is 1. The zero-order valence-electron chi connectivity index (χ0n) is 14.0. The molecule has 0 unspecified atom stereocenters. The number of rotatable bonds is 2. The zero-order chi connectivity index (χ0) is 18.4. The van der Waals surface area contributed by atoms with Gasteiger partial charge in [0, 0.05) is 36.9 Å². The Balaban J connectivity index is 1.98. The van der Waals surface area contributed by atoms with Crippen molar-refractivity contribution in [1.29, 1.82) is 0 Å². The predicted molar refractivity (Wildman–Crippen MR) is 93.9 cm³/mol. The van der Waals surface area contributed by atoms with E-state index >= 15 is 0 Å². The maximum atomic E-state index is 14.5. The average Bonchev–Trinajstić information content (AvgIpc) is 3.05. The smallest absolute Gasteiger partial charge is 0.159 e. The number of aromatic nitrogens is 3. The first kappa shape index (κ1) is 17.1. The second-order valence-electron chi connectivity index (χ2n) is 6.64. The molecule has 3 aromatic rings. The third kappa shape index (κ3) is 2.80. The van der Waals surface area contributed by atoms with Gasteiger partial charge in [0.15, 0.2) is 5.65 Å². The van der Waals surface area contributed by atoms with Crippen LogP contribution in [0.25, 0.3) is 16.8 Å². The average molecular weight is 381 g/mol. The van der Waals surface area contributed by atoms with Crippen LogP contribution in [0, 0.1) is 23.4 Å². The molecule has 4 nitrogen and oxygen atoms in total. The fourth-order valence-corrected chi connectivity index (χ4v) is 3.74. The summed E-state index contributed by atoms with van der Waals surface area (Å²) in [6.07, 6.45) is 3.25. The van der Waals surface area contributed by atoms with Crippen LogP contribution in [-0.4, -0.2) is 27.7 Å². The Morgan fingerprint density at radius 1 is 1.04 bits per heavy atom. The van der Waals surface area contributed by atoms with Gasteiger partial charge in [-0.25, -0.2) is 22.7 Å². The van der Waals surface area contributed by atoms with Crippen molar-refractivity contribution in [3.05, 3.63) is 47.1 Å². The molecule has 1 aromatic carbocycles. The molecule has 1 saturated heterocycles. The van der Waals surface area contributed by atoms with Gasteiger partial charge in [-0.3, -0.25) is 0 Å². The molecule has 1 aliphatic rings. The van der Waals surface area contributed by atoms with Crippen LogP contribution >= 0.6 is 11.6 Å². The minimum absolute atomic E-state index is 0.0398. The van der Waals surface area contributed by atoms with Gasteiger partial charge in [-0.1, -0.05) is 18.5 Å². The van der Waals surface area contributed by atoms with Gasteiger partial charge in [-0.05, 0) is 18.8 Å². The molecule has 4 rings (SSSR count). The SMILES string of the molecule is CC1CCN(c2cc3ncnn3c(Cl)c2-c2c(F)cc(F)cc2F)CC1. The highest BCUT2D eigenvalue weighted by Crippen LogP contribution is 2.41. The molecular formula is C18H16ClF3N4. The first-order chi connectivity index (χ1) is 12.5. The van der Waals surface area contributed by atoms with E-state index < -0.39 is 17.5 Å². The number of anilines is 1. The number of pyridine rings is 1. The molecule has 0 radical (unpaired) electrons. The van der Waals surface area contributed by atoms with E-state index in [0.29, 0.717) is 29.4 Å². The number of hydrogen-bond donors (Lipinski definition) is 0. The van der Waals surface area contributed by atoms with E-state index in [-0.39, 0.29) is 16.3 Å². The Bertz CT molecular complexity index is 957. The van der Waals surface area contributed by atoms with Crippen LogP contribution in [-0.2, 0) is 0 Å². The normalized spacial score (nSPS) is 15.8. The van der Waals surface area contributed by atoms with Gasteiger partial charge >= 0.3 is 0 Å². The molecule has 8 heteroatoms. The van der Waals surface area contributed by atoms with E-state index in [4.69, 9.17) is 11.6 Å². The van der Waals surface area contributed by atoms with Gasteiger partial charge in [0.1, 0.15) is 28.9 Å². The molecule has 0 atom stereocenters. The van der Waals surface area contributed by atoms with Crippen LogP contribution in [0.4, 0.5) is 18.9 Å². The Kier molecular flexibility index (Phi) is 4.26. The van der Waals surface area contributed by atoms with E-state index in [2.05, 4.69) is 17.0 Å². The molecule has 26 heavy (non-hydrogen) atoms. The molecule has 3 heterocycles. The molecule has 0 aliphatic carbocycles. The van der Waals surface area contributed by atoms with Gasteiger partial charge in [-0.15, -0.1) is 0 Å². The Morgan fingerprint density at radius 3 is 2.35 bits per heavy atom. The van der Waals surface area contributed by atoms with E-state index in [1.54, 1.807) is 6.07 Å². The largest absolute Gasteiger partial charge is 0.371 e. The van der Waals surface area contributed by atoms with E-state index in [9.17, 15) is 13.2 Å². The second-order valence-corrected chi connectivity index (χ2v) is 7.00. The maximum absolute atomic E-state index is 14.5. The summed E-state index contributed by atoms with van der Waals surface area (Å²) < 4.78 is 43.7. The lowest BCUT2D eigenvalue weighted by Crippen LogP contribution is -2.33. The van der Waals surface area contributed by atoms with Crippen LogP contribution in [0.15, 0.2) is 24.5 Å². The minimum atomic E-state index is -1.00. The van der Waals surface area contributed by atoms with Gasteiger partial charge < -0.3 is 4.90 Å². The summed E-state index contributed by atoms with van der Waals surface area (Å²) in [5.41, 5.74) is 0.860. The monoisotopic (exact) mass is 380 g/mol. The lowest BCUT2D eigenvalue weighted by molar-refractivity contribution is 0.438. The summed E-state index contributed by atoms with van der Waals surface area (Å²) in [4.78, 5) is 6.18. The summed E-state index contributed by atoms with van der Waals surface area (Å²) >= 11 is 6.46. The summed E-state index contributed by atoms with van der Waals surface area (Å²) in [7, 11) is 0. The lowest BCUT2D eigenvalue weighted by atomic mass is 9.97. The first-order valence-electron chi connectivity index (χ1n) is 8.38. The van der Waals surface area contributed by atoms with E-state index in [1.165, 1.54) is 10.8 Å².